The normalized spacial score (nSPS) is 12.7. The third-order valence-corrected chi connectivity index (χ3v) is 2.46. The van der Waals surface area contributed by atoms with Gasteiger partial charge in [-0.25, -0.2) is 0 Å². The van der Waals surface area contributed by atoms with E-state index < -0.39 is 11.0 Å². The molecule has 1 aromatic carbocycles. The molecule has 17 heavy (non-hydrogen) atoms. The van der Waals surface area contributed by atoms with Gasteiger partial charge in [0.25, 0.3) is 5.69 Å². The van der Waals surface area contributed by atoms with E-state index in [0.29, 0.717) is 18.7 Å². The number of aliphatic hydroxyl groups excluding tert-OH is 2. The highest BCUT2D eigenvalue weighted by molar-refractivity contribution is 5.33. The Morgan fingerprint density at radius 3 is 2.47 bits per heavy atom. The molecule has 1 atom stereocenters. The number of hydrogen-bond acceptors (Lipinski definition) is 5. The quantitative estimate of drug-likeness (QED) is 0.560. The zero-order valence-corrected chi connectivity index (χ0v) is 9.61. The maximum absolute atomic E-state index is 10.5. The number of non-ortho nitro benzene ring substituents is 1. The lowest BCUT2D eigenvalue weighted by Crippen LogP contribution is -2.27. The molecule has 94 valence electrons. The van der Waals surface area contributed by atoms with E-state index in [1.807, 2.05) is 0 Å². The number of nitro benzene ring substituents is 1. The number of hydrogen-bond donors (Lipinski definition) is 2. The molecule has 0 saturated carbocycles. The van der Waals surface area contributed by atoms with Crippen LogP contribution >= 0.6 is 0 Å². The highest BCUT2D eigenvalue weighted by Crippen LogP contribution is 2.18. The first kappa shape index (κ1) is 13.6. The number of nitrogens with zero attached hydrogens (tertiary/aromatic N) is 2. The Morgan fingerprint density at radius 2 is 2.00 bits per heavy atom. The molecule has 1 unspecified atom stereocenters. The van der Waals surface area contributed by atoms with Crippen LogP contribution in [0.15, 0.2) is 24.3 Å². The molecule has 1 rings (SSSR count). The van der Waals surface area contributed by atoms with Crippen molar-refractivity contribution in [1.82, 2.24) is 4.90 Å². The summed E-state index contributed by atoms with van der Waals surface area (Å²) in [6.07, 6.45) is -0.715. The molecule has 0 fully saturated rings. The summed E-state index contributed by atoms with van der Waals surface area (Å²) in [5, 5.41) is 29.0. The topological polar surface area (TPSA) is 86.8 Å². The van der Waals surface area contributed by atoms with E-state index in [0.717, 1.165) is 0 Å². The predicted molar refractivity (Wildman–Crippen MR) is 62.6 cm³/mol. The fourth-order valence-corrected chi connectivity index (χ4v) is 1.48. The first-order valence-corrected chi connectivity index (χ1v) is 5.26. The Balaban J connectivity index is 2.63. The van der Waals surface area contributed by atoms with Gasteiger partial charge in [-0.3, -0.25) is 10.1 Å². The lowest BCUT2D eigenvalue weighted by Gasteiger charge is -2.19. The van der Waals surface area contributed by atoms with Crippen molar-refractivity contribution in [1.29, 1.82) is 0 Å². The molecule has 6 heteroatoms. The monoisotopic (exact) mass is 240 g/mol. The molecule has 2 N–H and O–H groups in total. The Kier molecular flexibility index (Phi) is 5.02. The molecule has 0 saturated heterocycles. The lowest BCUT2D eigenvalue weighted by atomic mass is 10.1. The zero-order chi connectivity index (χ0) is 12.8. The highest BCUT2D eigenvalue weighted by atomic mass is 16.6. The van der Waals surface area contributed by atoms with Crippen molar-refractivity contribution in [3.63, 3.8) is 0 Å². The summed E-state index contributed by atoms with van der Waals surface area (Å²) in [6.45, 7) is 0.881. The summed E-state index contributed by atoms with van der Waals surface area (Å²) in [5.74, 6) is 0. The second kappa shape index (κ2) is 6.29. The smallest absolute Gasteiger partial charge is 0.269 e. The Bertz CT molecular complexity index is 366. The molecule has 0 amide bonds. The minimum atomic E-state index is -0.715. The van der Waals surface area contributed by atoms with Crippen LogP contribution in [0.25, 0.3) is 0 Å². The van der Waals surface area contributed by atoms with Crippen molar-refractivity contribution < 1.29 is 15.1 Å². The third kappa shape index (κ3) is 4.10. The van der Waals surface area contributed by atoms with Gasteiger partial charge in [0.15, 0.2) is 0 Å². The molecular weight excluding hydrogens is 224 g/mol. The van der Waals surface area contributed by atoms with E-state index in [2.05, 4.69) is 0 Å². The number of rotatable bonds is 6. The number of benzene rings is 1. The molecule has 0 heterocycles. The summed E-state index contributed by atoms with van der Waals surface area (Å²) in [6, 6.07) is 5.81. The Morgan fingerprint density at radius 1 is 1.41 bits per heavy atom. The van der Waals surface area contributed by atoms with Gasteiger partial charge in [0.2, 0.25) is 0 Å². The molecule has 0 bridgehead atoms. The van der Waals surface area contributed by atoms with Crippen molar-refractivity contribution in [2.75, 3.05) is 26.7 Å². The Hall–Kier alpha value is -1.50. The standard InChI is InChI=1S/C11H16N2O4/c1-12(6-7-14)8-11(15)9-2-4-10(5-3-9)13(16)17/h2-5,11,14-15H,6-8H2,1H3. The van der Waals surface area contributed by atoms with Gasteiger partial charge >= 0.3 is 0 Å². The van der Waals surface area contributed by atoms with Gasteiger partial charge in [-0.2, -0.15) is 0 Å². The molecule has 6 nitrogen and oxygen atoms in total. The van der Waals surface area contributed by atoms with Crippen LogP contribution in [0.3, 0.4) is 0 Å². The molecule has 0 aliphatic rings. The molecule has 0 spiro atoms. The van der Waals surface area contributed by atoms with E-state index >= 15 is 0 Å². The third-order valence-electron chi connectivity index (χ3n) is 2.46. The van der Waals surface area contributed by atoms with Gasteiger partial charge in [0.1, 0.15) is 0 Å². The van der Waals surface area contributed by atoms with Crippen LogP contribution in [0.1, 0.15) is 11.7 Å². The summed E-state index contributed by atoms with van der Waals surface area (Å²) < 4.78 is 0. The molecular formula is C11H16N2O4. The lowest BCUT2D eigenvalue weighted by molar-refractivity contribution is -0.384. The van der Waals surface area contributed by atoms with Crippen LogP contribution in [0, 0.1) is 10.1 Å². The van der Waals surface area contributed by atoms with Crippen LogP contribution < -0.4 is 0 Å². The molecule has 1 aromatic rings. The van der Waals surface area contributed by atoms with Crippen molar-refractivity contribution in [2.45, 2.75) is 6.10 Å². The average molecular weight is 240 g/mol. The molecule has 0 aliphatic heterocycles. The van der Waals surface area contributed by atoms with Crippen molar-refractivity contribution in [3.05, 3.63) is 39.9 Å². The average Bonchev–Trinajstić information content (AvgIpc) is 2.29. The van der Waals surface area contributed by atoms with Gasteiger partial charge in [-0.1, -0.05) is 0 Å². The van der Waals surface area contributed by atoms with Crippen LogP contribution in [-0.4, -0.2) is 46.8 Å². The molecule has 0 aliphatic carbocycles. The van der Waals surface area contributed by atoms with Gasteiger partial charge in [0.05, 0.1) is 17.6 Å². The maximum Gasteiger partial charge on any atom is 0.269 e. The molecule has 0 radical (unpaired) electrons. The van der Waals surface area contributed by atoms with Crippen molar-refractivity contribution in [3.8, 4) is 0 Å². The predicted octanol–water partition coefficient (Wildman–Crippen LogP) is 0.552. The summed E-state index contributed by atoms with van der Waals surface area (Å²) >= 11 is 0. The van der Waals surface area contributed by atoms with Crippen LogP contribution in [0.4, 0.5) is 5.69 Å². The fraction of sp³-hybridized carbons (Fsp3) is 0.455. The maximum atomic E-state index is 10.5. The summed E-state index contributed by atoms with van der Waals surface area (Å²) in [5.41, 5.74) is 0.630. The van der Waals surface area contributed by atoms with Gasteiger partial charge in [-0.15, -0.1) is 0 Å². The van der Waals surface area contributed by atoms with Gasteiger partial charge in [-0.05, 0) is 24.7 Å². The van der Waals surface area contributed by atoms with Crippen molar-refractivity contribution in [2.24, 2.45) is 0 Å². The van der Waals surface area contributed by atoms with Crippen LogP contribution in [0.5, 0.6) is 0 Å². The fourth-order valence-electron chi connectivity index (χ4n) is 1.48. The Labute approximate surface area is 99.3 Å². The first-order valence-electron chi connectivity index (χ1n) is 5.26. The van der Waals surface area contributed by atoms with E-state index in [9.17, 15) is 15.2 Å². The van der Waals surface area contributed by atoms with Crippen molar-refractivity contribution >= 4 is 5.69 Å². The van der Waals surface area contributed by atoms with Crippen LogP contribution in [-0.2, 0) is 0 Å². The van der Waals surface area contributed by atoms with E-state index in [-0.39, 0.29) is 12.3 Å². The van der Waals surface area contributed by atoms with E-state index in [1.165, 1.54) is 24.3 Å². The van der Waals surface area contributed by atoms with Gasteiger partial charge < -0.3 is 15.1 Å². The summed E-state index contributed by atoms with van der Waals surface area (Å²) in [4.78, 5) is 11.8. The SMILES string of the molecule is CN(CCO)CC(O)c1ccc([N+](=O)[O-])cc1. The minimum Gasteiger partial charge on any atom is -0.395 e. The minimum absolute atomic E-state index is 0.00432. The number of likely N-dealkylation sites (N-methyl/N-ethyl adjacent to an activating group) is 1. The van der Waals surface area contributed by atoms with E-state index in [1.54, 1.807) is 11.9 Å². The van der Waals surface area contributed by atoms with Crippen LogP contribution in [0.2, 0.25) is 0 Å². The number of aliphatic hydroxyl groups is 2. The largest absolute Gasteiger partial charge is 0.395 e. The second-order valence-corrected chi connectivity index (χ2v) is 3.85. The molecule has 0 aromatic heterocycles. The van der Waals surface area contributed by atoms with Gasteiger partial charge in [0, 0.05) is 25.2 Å². The van der Waals surface area contributed by atoms with E-state index in [4.69, 9.17) is 5.11 Å². The second-order valence-electron chi connectivity index (χ2n) is 3.85. The number of nitro groups is 1. The highest BCUT2D eigenvalue weighted by Gasteiger charge is 2.12. The first-order chi connectivity index (χ1) is 8.04. The zero-order valence-electron chi connectivity index (χ0n) is 9.61. The summed E-state index contributed by atoms with van der Waals surface area (Å²) in [7, 11) is 1.78.